The standard InChI is InChI=1S/C18H21N3O5/c1-18(2)17-20-13(14(23)16(25)21(17)8-9-26-18)15(24)19-12(10-22)11-6-4-3-5-7-11/h3-7,12,22-23H,8-10H2,1-2H3,(H,19,24)/t12-/m0/s1. The van der Waals surface area contributed by atoms with E-state index in [0.29, 0.717) is 12.2 Å². The van der Waals surface area contributed by atoms with E-state index < -0.39 is 28.9 Å². The molecular weight excluding hydrogens is 338 g/mol. The third-order valence-electron chi connectivity index (χ3n) is 4.37. The number of hydrogen-bond donors (Lipinski definition) is 3. The molecular formula is C18H21N3O5. The van der Waals surface area contributed by atoms with Crippen LogP contribution in [0, 0.1) is 0 Å². The number of aromatic hydroxyl groups is 1. The second-order valence-corrected chi connectivity index (χ2v) is 6.57. The van der Waals surface area contributed by atoms with Crippen LogP contribution >= 0.6 is 0 Å². The molecule has 3 rings (SSSR count). The molecule has 138 valence electrons. The number of nitrogens with zero attached hydrogens (tertiary/aromatic N) is 2. The van der Waals surface area contributed by atoms with Gasteiger partial charge in [0.25, 0.3) is 11.5 Å². The van der Waals surface area contributed by atoms with E-state index in [-0.39, 0.29) is 24.7 Å². The number of carbonyl (C=O) groups is 1. The summed E-state index contributed by atoms with van der Waals surface area (Å²) in [5.41, 5.74) is -1.23. The van der Waals surface area contributed by atoms with Gasteiger partial charge < -0.3 is 20.3 Å². The maximum Gasteiger partial charge on any atom is 0.296 e. The maximum absolute atomic E-state index is 12.6. The number of carbonyl (C=O) groups excluding carboxylic acids is 1. The van der Waals surface area contributed by atoms with Crippen molar-refractivity contribution >= 4 is 5.91 Å². The first-order valence-electron chi connectivity index (χ1n) is 8.30. The Balaban J connectivity index is 1.97. The topological polar surface area (TPSA) is 114 Å². The maximum atomic E-state index is 12.6. The van der Waals surface area contributed by atoms with Crippen LogP contribution in [0.5, 0.6) is 5.75 Å². The first-order valence-corrected chi connectivity index (χ1v) is 8.30. The Morgan fingerprint density at radius 2 is 2.08 bits per heavy atom. The molecule has 0 spiro atoms. The lowest BCUT2D eigenvalue weighted by molar-refractivity contribution is -0.0567. The van der Waals surface area contributed by atoms with Crippen molar-refractivity contribution in [2.75, 3.05) is 13.2 Å². The van der Waals surface area contributed by atoms with Gasteiger partial charge in [0.05, 0.1) is 25.8 Å². The Labute approximate surface area is 150 Å². The second-order valence-electron chi connectivity index (χ2n) is 6.57. The van der Waals surface area contributed by atoms with Gasteiger partial charge in [0.1, 0.15) is 11.4 Å². The van der Waals surface area contributed by atoms with E-state index in [0.717, 1.165) is 0 Å². The minimum atomic E-state index is -0.865. The average Bonchev–Trinajstić information content (AvgIpc) is 2.63. The first-order chi connectivity index (χ1) is 12.3. The van der Waals surface area contributed by atoms with Gasteiger partial charge >= 0.3 is 0 Å². The Bertz CT molecular complexity index is 876. The third kappa shape index (κ3) is 3.21. The van der Waals surface area contributed by atoms with Gasteiger partial charge in [0.15, 0.2) is 5.69 Å². The van der Waals surface area contributed by atoms with Crippen molar-refractivity contribution in [2.45, 2.75) is 32.0 Å². The summed E-state index contributed by atoms with van der Waals surface area (Å²) in [5.74, 6) is -1.18. The summed E-state index contributed by atoms with van der Waals surface area (Å²) >= 11 is 0. The van der Waals surface area contributed by atoms with Gasteiger partial charge in [-0.05, 0) is 19.4 Å². The molecule has 3 N–H and O–H groups in total. The van der Waals surface area contributed by atoms with Crippen LogP contribution < -0.4 is 10.9 Å². The monoisotopic (exact) mass is 359 g/mol. The van der Waals surface area contributed by atoms with E-state index in [1.165, 1.54) is 4.57 Å². The predicted octanol–water partition coefficient (Wildman–Crippen LogP) is 0.678. The highest BCUT2D eigenvalue weighted by molar-refractivity contribution is 5.95. The van der Waals surface area contributed by atoms with Gasteiger partial charge in [0, 0.05) is 0 Å². The van der Waals surface area contributed by atoms with E-state index >= 15 is 0 Å². The first kappa shape index (κ1) is 18.1. The normalized spacial score (nSPS) is 16.6. The lowest BCUT2D eigenvalue weighted by Gasteiger charge is -2.32. The number of benzene rings is 1. The highest BCUT2D eigenvalue weighted by atomic mass is 16.5. The van der Waals surface area contributed by atoms with Crippen LogP contribution in [0.25, 0.3) is 0 Å². The fourth-order valence-electron chi connectivity index (χ4n) is 2.97. The number of aromatic nitrogens is 2. The summed E-state index contributed by atoms with van der Waals surface area (Å²) in [4.78, 5) is 29.3. The molecule has 1 aromatic carbocycles. The van der Waals surface area contributed by atoms with Crippen LogP contribution in [-0.4, -0.2) is 38.9 Å². The smallest absolute Gasteiger partial charge is 0.296 e. The number of hydrogen-bond acceptors (Lipinski definition) is 6. The van der Waals surface area contributed by atoms with E-state index in [2.05, 4.69) is 10.3 Å². The molecule has 8 nitrogen and oxygen atoms in total. The number of aliphatic hydroxyl groups excluding tert-OH is 1. The number of aliphatic hydroxyl groups is 1. The summed E-state index contributed by atoms with van der Waals surface area (Å²) in [7, 11) is 0. The Kier molecular flexibility index (Phi) is 4.80. The molecule has 2 heterocycles. The third-order valence-corrected chi connectivity index (χ3v) is 4.37. The lowest BCUT2D eigenvalue weighted by Crippen LogP contribution is -2.42. The van der Waals surface area contributed by atoms with Gasteiger partial charge in [0.2, 0.25) is 5.75 Å². The number of nitrogens with one attached hydrogen (secondary N) is 1. The lowest BCUT2D eigenvalue weighted by atomic mass is 10.1. The van der Waals surface area contributed by atoms with Gasteiger partial charge in [-0.15, -0.1) is 0 Å². The van der Waals surface area contributed by atoms with Gasteiger partial charge in [-0.2, -0.15) is 0 Å². The Morgan fingerprint density at radius 3 is 2.73 bits per heavy atom. The quantitative estimate of drug-likeness (QED) is 0.740. The van der Waals surface area contributed by atoms with Crippen molar-refractivity contribution in [2.24, 2.45) is 0 Å². The molecule has 0 saturated carbocycles. The summed E-state index contributed by atoms with van der Waals surface area (Å²) in [6.07, 6.45) is 0. The summed E-state index contributed by atoms with van der Waals surface area (Å²) in [6.45, 7) is 3.71. The molecule has 0 saturated heterocycles. The van der Waals surface area contributed by atoms with E-state index in [9.17, 15) is 19.8 Å². The fraction of sp³-hybridized carbons (Fsp3) is 0.389. The van der Waals surface area contributed by atoms with Crippen molar-refractivity contribution in [3.8, 4) is 5.75 Å². The summed E-state index contributed by atoms with van der Waals surface area (Å²) in [5, 5.41) is 22.4. The van der Waals surface area contributed by atoms with Crippen LogP contribution in [0.3, 0.4) is 0 Å². The molecule has 0 fully saturated rings. The molecule has 2 aromatic rings. The summed E-state index contributed by atoms with van der Waals surface area (Å²) < 4.78 is 6.93. The minimum absolute atomic E-state index is 0.253. The minimum Gasteiger partial charge on any atom is -0.501 e. The van der Waals surface area contributed by atoms with Crippen LogP contribution in [-0.2, 0) is 16.9 Å². The zero-order valence-electron chi connectivity index (χ0n) is 14.6. The van der Waals surface area contributed by atoms with Crippen LogP contribution in [0.2, 0.25) is 0 Å². The van der Waals surface area contributed by atoms with Crippen LogP contribution in [0.4, 0.5) is 0 Å². The molecule has 1 amide bonds. The van der Waals surface area contributed by atoms with Crippen molar-refractivity contribution in [1.82, 2.24) is 14.9 Å². The zero-order valence-corrected chi connectivity index (χ0v) is 14.6. The number of rotatable bonds is 4. The molecule has 1 aromatic heterocycles. The molecule has 8 heteroatoms. The molecule has 0 bridgehead atoms. The zero-order chi connectivity index (χ0) is 18.9. The largest absolute Gasteiger partial charge is 0.501 e. The number of amides is 1. The molecule has 0 radical (unpaired) electrons. The van der Waals surface area contributed by atoms with Crippen LogP contribution in [0.15, 0.2) is 35.1 Å². The molecule has 1 aliphatic heterocycles. The molecule has 0 aliphatic carbocycles. The Morgan fingerprint density at radius 1 is 1.38 bits per heavy atom. The number of ether oxygens (including phenoxy) is 1. The highest BCUT2D eigenvalue weighted by Crippen LogP contribution is 2.27. The molecule has 1 atom stereocenters. The predicted molar refractivity (Wildman–Crippen MR) is 92.9 cm³/mol. The van der Waals surface area contributed by atoms with Gasteiger partial charge in [-0.25, -0.2) is 4.98 Å². The molecule has 26 heavy (non-hydrogen) atoms. The van der Waals surface area contributed by atoms with Gasteiger partial charge in [-0.3, -0.25) is 14.2 Å². The number of fused-ring (bicyclic) bond motifs is 1. The Hall–Kier alpha value is -2.71. The highest BCUT2D eigenvalue weighted by Gasteiger charge is 2.34. The van der Waals surface area contributed by atoms with Crippen molar-refractivity contribution in [3.05, 3.63) is 57.8 Å². The fourth-order valence-corrected chi connectivity index (χ4v) is 2.97. The van der Waals surface area contributed by atoms with Crippen molar-refractivity contribution in [3.63, 3.8) is 0 Å². The van der Waals surface area contributed by atoms with E-state index in [1.54, 1.807) is 38.1 Å². The molecule has 1 aliphatic rings. The average molecular weight is 359 g/mol. The van der Waals surface area contributed by atoms with Crippen molar-refractivity contribution < 1.29 is 19.7 Å². The second kappa shape index (κ2) is 6.89. The van der Waals surface area contributed by atoms with Crippen LogP contribution in [0.1, 0.15) is 41.8 Å². The van der Waals surface area contributed by atoms with Crippen molar-refractivity contribution in [1.29, 1.82) is 0 Å². The van der Waals surface area contributed by atoms with E-state index in [1.807, 2.05) is 6.07 Å². The van der Waals surface area contributed by atoms with Gasteiger partial charge in [-0.1, -0.05) is 30.3 Å². The van der Waals surface area contributed by atoms with E-state index in [4.69, 9.17) is 4.74 Å². The SMILES string of the molecule is CC1(C)OCCn2c1nc(C(=O)N[C@@H](CO)c1ccccc1)c(O)c2=O. The summed E-state index contributed by atoms with van der Waals surface area (Å²) in [6, 6.07) is 8.21. The molecule has 0 unspecified atom stereocenters.